The summed E-state index contributed by atoms with van der Waals surface area (Å²) in [4.78, 5) is 17.7. The number of pyridine rings is 1. The van der Waals surface area contributed by atoms with Gasteiger partial charge in [0.05, 0.1) is 17.8 Å². The minimum atomic E-state index is -0.0568. The van der Waals surface area contributed by atoms with Gasteiger partial charge in [-0.25, -0.2) is 4.98 Å². The highest BCUT2D eigenvalue weighted by molar-refractivity contribution is 14.1. The van der Waals surface area contributed by atoms with Crippen LogP contribution >= 0.6 is 22.6 Å². The summed E-state index contributed by atoms with van der Waals surface area (Å²) in [6, 6.07) is 18.2. The number of hydrogen-bond acceptors (Lipinski definition) is 2. The minimum Gasteiger partial charge on any atom is -0.326 e. The maximum absolute atomic E-state index is 12.8. The molecule has 29 heavy (non-hydrogen) atoms. The van der Waals surface area contributed by atoms with Gasteiger partial charge in [-0.15, -0.1) is 0 Å². The third-order valence-electron chi connectivity index (χ3n) is 5.12. The second kappa shape index (κ2) is 7.99. The Bertz CT molecular complexity index is 1210. The number of nitrogens with zero attached hydrogens (tertiary/aromatic N) is 2. The van der Waals surface area contributed by atoms with E-state index in [2.05, 4.69) is 60.0 Å². The van der Waals surface area contributed by atoms with E-state index in [-0.39, 0.29) is 12.3 Å². The molecule has 4 aromatic rings. The van der Waals surface area contributed by atoms with Gasteiger partial charge in [-0.2, -0.15) is 0 Å². The van der Waals surface area contributed by atoms with E-state index < -0.39 is 0 Å². The highest BCUT2D eigenvalue weighted by atomic mass is 127. The van der Waals surface area contributed by atoms with Gasteiger partial charge in [0.25, 0.3) is 0 Å². The fourth-order valence-corrected chi connectivity index (χ4v) is 3.74. The van der Waals surface area contributed by atoms with Crippen molar-refractivity contribution in [2.75, 3.05) is 5.32 Å². The summed E-state index contributed by atoms with van der Waals surface area (Å²) < 4.78 is 3.15. The first-order valence-electron chi connectivity index (χ1n) is 9.51. The smallest absolute Gasteiger partial charge is 0.230 e. The van der Waals surface area contributed by atoms with Crippen LogP contribution in [0.1, 0.15) is 22.4 Å². The number of hydrogen-bond donors (Lipinski definition) is 1. The summed E-state index contributed by atoms with van der Waals surface area (Å²) in [6.45, 7) is 6.25. The molecule has 1 amide bonds. The Morgan fingerprint density at radius 3 is 2.48 bits per heavy atom. The van der Waals surface area contributed by atoms with Gasteiger partial charge in [0.2, 0.25) is 5.91 Å². The van der Waals surface area contributed by atoms with Gasteiger partial charge in [0, 0.05) is 21.0 Å². The molecular weight excluding hydrogens is 473 g/mol. The van der Waals surface area contributed by atoms with Crippen molar-refractivity contribution in [3.8, 4) is 11.3 Å². The molecule has 0 aliphatic rings. The molecule has 0 aliphatic carbocycles. The molecule has 146 valence electrons. The quantitative estimate of drug-likeness (QED) is 0.369. The van der Waals surface area contributed by atoms with Crippen LogP contribution in [0.5, 0.6) is 0 Å². The number of carbonyl (C=O) groups is 1. The zero-order valence-electron chi connectivity index (χ0n) is 16.7. The first-order chi connectivity index (χ1) is 13.9. The predicted octanol–water partition coefficient (Wildman–Crippen LogP) is 5.71. The van der Waals surface area contributed by atoms with Crippen molar-refractivity contribution in [3.05, 3.63) is 86.7 Å². The van der Waals surface area contributed by atoms with Crippen LogP contribution in [0.25, 0.3) is 16.9 Å². The largest absolute Gasteiger partial charge is 0.326 e. The lowest BCUT2D eigenvalue weighted by Gasteiger charge is -2.09. The van der Waals surface area contributed by atoms with Crippen molar-refractivity contribution in [2.45, 2.75) is 27.2 Å². The average Bonchev–Trinajstić information content (AvgIpc) is 3.03. The van der Waals surface area contributed by atoms with Crippen molar-refractivity contribution in [1.29, 1.82) is 0 Å². The van der Waals surface area contributed by atoms with E-state index in [0.717, 1.165) is 37.4 Å². The van der Waals surface area contributed by atoms with Crippen LogP contribution in [0.3, 0.4) is 0 Å². The van der Waals surface area contributed by atoms with Gasteiger partial charge in [-0.05, 0) is 103 Å². The van der Waals surface area contributed by atoms with Crippen LogP contribution in [0, 0.1) is 24.3 Å². The number of aromatic nitrogens is 2. The van der Waals surface area contributed by atoms with Gasteiger partial charge in [0.15, 0.2) is 0 Å². The zero-order chi connectivity index (χ0) is 20.5. The summed E-state index contributed by atoms with van der Waals surface area (Å²) in [5, 5.41) is 3.00. The molecule has 1 N–H and O–H groups in total. The molecule has 0 saturated heterocycles. The molecule has 0 spiro atoms. The fourth-order valence-electron chi connectivity index (χ4n) is 3.38. The van der Waals surface area contributed by atoms with Crippen molar-refractivity contribution >= 4 is 39.8 Å². The predicted molar refractivity (Wildman–Crippen MR) is 126 cm³/mol. The molecule has 4 nitrogen and oxygen atoms in total. The molecule has 0 radical (unpaired) electrons. The molecule has 2 aromatic carbocycles. The van der Waals surface area contributed by atoms with Crippen molar-refractivity contribution < 1.29 is 4.79 Å². The highest BCUT2D eigenvalue weighted by Gasteiger charge is 2.18. The minimum absolute atomic E-state index is 0.0568. The monoisotopic (exact) mass is 495 g/mol. The molecule has 0 bridgehead atoms. The van der Waals surface area contributed by atoms with Crippen molar-refractivity contribution in [2.24, 2.45) is 0 Å². The molecule has 0 atom stereocenters. The maximum Gasteiger partial charge on any atom is 0.230 e. The highest BCUT2D eigenvalue weighted by Crippen LogP contribution is 2.27. The molecular formula is C24H22IN3O. The number of anilines is 1. The molecule has 5 heteroatoms. The second-order valence-electron chi connectivity index (χ2n) is 7.37. The average molecular weight is 495 g/mol. The molecule has 0 aliphatic heterocycles. The van der Waals surface area contributed by atoms with Crippen molar-refractivity contribution in [1.82, 2.24) is 9.38 Å². The summed E-state index contributed by atoms with van der Waals surface area (Å²) in [5.74, 6) is -0.0568. The lowest BCUT2D eigenvalue weighted by Crippen LogP contribution is -2.16. The molecule has 0 unspecified atom stereocenters. The Hall–Kier alpha value is -2.67. The summed E-state index contributed by atoms with van der Waals surface area (Å²) in [6.07, 6.45) is 2.24. The first kappa shape index (κ1) is 19.6. The zero-order valence-corrected chi connectivity index (χ0v) is 18.8. The molecule has 0 fully saturated rings. The summed E-state index contributed by atoms with van der Waals surface area (Å²) >= 11 is 2.25. The first-order valence-corrected chi connectivity index (χ1v) is 10.6. The maximum atomic E-state index is 12.8. The molecule has 4 rings (SSSR count). The van der Waals surface area contributed by atoms with E-state index in [1.165, 1.54) is 11.1 Å². The molecule has 2 aromatic heterocycles. The number of halogens is 1. The van der Waals surface area contributed by atoms with Crippen LogP contribution in [-0.4, -0.2) is 15.3 Å². The number of amides is 1. The van der Waals surface area contributed by atoms with E-state index in [1.807, 2.05) is 53.9 Å². The van der Waals surface area contributed by atoms with Crippen LogP contribution < -0.4 is 5.32 Å². The Morgan fingerprint density at radius 2 is 1.76 bits per heavy atom. The van der Waals surface area contributed by atoms with E-state index in [9.17, 15) is 4.79 Å². The van der Waals surface area contributed by atoms with Crippen LogP contribution in [0.4, 0.5) is 5.69 Å². The normalized spacial score (nSPS) is 11.0. The Balaban J connectivity index is 1.74. The number of imidazole rings is 1. The third kappa shape index (κ3) is 4.19. The summed E-state index contributed by atoms with van der Waals surface area (Å²) in [7, 11) is 0. The van der Waals surface area contributed by atoms with E-state index in [1.54, 1.807) is 0 Å². The SMILES string of the molecule is Cc1ccn2c(CC(=O)Nc3ccc(I)cc3)c(-c3ccc(C)c(C)c3)nc2c1. The lowest BCUT2D eigenvalue weighted by molar-refractivity contribution is -0.115. The number of benzene rings is 2. The molecule has 2 heterocycles. The van der Waals surface area contributed by atoms with Gasteiger partial charge in [-0.1, -0.05) is 12.1 Å². The topological polar surface area (TPSA) is 46.4 Å². The van der Waals surface area contributed by atoms with Gasteiger partial charge in [0.1, 0.15) is 5.65 Å². The van der Waals surface area contributed by atoms with Crippen LogP contribution in [-0.2, 0) is 11.2 Å². The molecule has 0 saturated carbocycles. The summed E-state index contributed by atoms with van der Waals surface area (Å²) in [5.41, 5.74) is 8.04. The number of carbonyl (C=O) groups excluding carboxylic acids is 1. The van der Waals surface area contributed by atoms with Crippen LogP contribution in [0.15, 0.2) is 60.8 Å². The van der Waals surface area contributed by atoms with E-state index in [0.29, 0.717) is 0 Å². The van der Waals surface area contributed by atoms with Gasteiger partial charge >= 0.3 is 0 Å². The third-order valence-corrected chi connectivity index (χ3v) is 5.84. The lowest BCUT2D eigenvalue weighted by atomic mass is 10.0. The van der Waals surface area contributed by atoms with Crippen molar-refractivity contribution in [3.63, 3.8) is 0 Å². The van der Waals surface area contributed by atoms with Gasteiger partial charge < -0.3 is 9.72 Å². The standard InChI is InChI=1S/C24H22IN3O/c1-15-10-11-28-21(14-23(29)26-20-8-6-19(25)7-9-20)24(27-22(28)12-15)18-5-4-16(2)17(3)13-18/h4-13H,14H2,1-3H3,(H,26,29). The van der Waals surface area contributed by atoms with Crippen LogP contribution in [0.2, 0.25) is 0 Å². The van der Waals surface area contributed by atoms with E-state index >= 15 is 0 Å². The van der Waals surface area contributed by atoms with Gasteiger partial charge in [-0.3, -0.25) is 4.79 Å². The number of aryl methyl sites for hydroxylation is 3. The Morgan fingerprint density at radius 1 is 1.00 bits per heavy atom. The fraction of sp³-hybridized carbons (Fsp3) is 0.167. The number of nitrogens with one attached hydrogen (secondary N) is 1. The Labute approximate surface area is 184 Å². The second-order valence-corrected chi connectivity index (χ2v) is 8.62. The number of rotatable bonds is 4. The number of fused-ring (bicyclic) bond motifs is 1. The Kier molecular flexibility index (Phi) is 5.41. The van der Waals surface area contributed by atoms with E-state index in [4.69, 9.17) is 4.98 Å².